The molecule has 0 saturated carbocycles. The van der Waals surface area contributed by atoms with Crippen molar-refractivity contribution in [2.45, 2.75) is 19.8 Å². The molecule has 2 aliphatic rings. The van der Waals surface area contributed by atoms with E-state index < -0.39 is 0 Å². The average Bonchev–Trinajstić information content (AvgIpc) is 3.20. The van der Waals surface area contributed by atoms with E-state index in [9.17, 15) is 14.4 Å². The molecule has 3 amide bonds. The van der Waals surface area contributed by atoms with Crippen molar-refractivity contribution in [3.63, 3.8) is 0 Å². The third-order valence-electron chi connectivity index (χ3n) is 6.04. The second kappa shape index (κ2) is 8.69. The molecule has 1 unspecified atom stereocenters. The fourth-order valence-corrected chi connectivity index (χ4v) is 4.33. The first-order valence-corrected chi connectivity index (χ1v) is 10.6. The summed E-state index contributed by atoms with van der Waals surface area (Å²) in [6.07, 6.45) is 1.09. The molecule has 2 saturated heterocycles. The molecule has 2 aromatic rings. The fourth-order valence-electron chi connectivity index (χ4n) is 4.33. The SMILES string of the molecule is CCc1ccccc1N1CC(C(=O)N2CCN(C(=O)c3ccccc3)CC2)CC1=O. The minimum absolute atomic E-state index is 0.00101. The molecule has 2 heterocycles. The number of para-hydroxylation sites is 1. The van der Waals surface area contributed by atoms with Crippen LogP contribution in [-0.4, -0.2) is 60.2 Å². The van der Waals surface area contributed by atoms with Crippen LogP contribution in [0, 0.1) is 5.92 Å². The molecule has 6 nitrogen and oxygen atoms in total. The van der Waals surface area contributed by atoms with Gasteiger partial charge in [0.1, 0.15) is 0 Å². The quantitative estimate of drug-likeness (QED) is 0.786. The summed E-state index contributed by atoms with van der Waals surface area (Å²) in [5.41, 5.74) is 2.70. The van der Waals surface area contributed by atoms with Gasteiger partial charge in [0.05, 0.1) is 5.92 Å². The van der Waals surface area contributed by atoms with Gasteiger partial charge in [-0.15, -0.1) is 0 Å². The van der Waals surface area contributed by atoms with Gasteiger partial charge in [0.25, 0.3) is 5.91 Å². The van der Waals surface area contributed by atoms with E-state index in [0.717, 1.165) is 17.7 Å². The van der Waals surface area contributed by atoms with Gasteiger partial charge in [-0.2, -0.15) is 0 Å². The number of nitrogens with zero attached hydrogens (tertiary/aromatic N) is 3. The molecule has 0 aromatic heterocycles. The maximum Gasteiger partial charge on any atom is 0.253 e. The van der Waals surface area contributed by atoms with Gasteiger partial charge in [-0.25, -0.2) is 0 Å². The van der Waals surface area contributed by atoms with E-state index in [-0.39, 0.29) is 30.1 Å². The lowest BCUT2D eigenvalue weighted by Gasteiger charge is -2.36. The molecular weight excluding hydrogens is 378 g/mol. The molecule has 0 N–H and O–H groups in total. The van der Waals surface area contributed by atoms with Crippen LogP contribution in [0.3, 0.4) is 0 Å². The lowest BCUT2D eigenvalue weighted by Crippen LogP contribution is -2.52. The van der Waals surface area contributed by atoms with Crippen molar-refractivity contribution < 1.29 is 14.4 Å². The van der Waals surface area contributed by atoms with Crippen molar-refractivity contribution in [1.82, 2.24) is 9.80 Å². The number of anilines is 1. The molecule has 2 aliphatic heterocycles. The Hall–Kier alpha value is -3.15. The van der Waals surface area contributed by atoms with Gasteiger partial charge >= 0.3 is 0 Å². The fraction of sp³-hybridized carbons (Fsp3) is 0.375. The number of rotatable bonds is 4. The lowest BCUT2D eigenvalue weighted by molar-refractivity contribution is -0.137. The summed E-state index contributed by atoms with van der Waals surface area (Å²) < 4.78 is 0. The number of piperazine rings is 1. The monoisotopic (exact) mass is 405 g/mol. The van der Waals surface area contributed by atoms with Gasteiger partial charge in [-0.1, -0.05) is 43.3 Å². The summed E-state index contributed by atoms with van der Waals surface area (Å²) in [5, 5.41) is 0. The summed E-state index contributed by atoms with van der Waals surface area (Å²) >= 11 is 0. The number of aryl methyl sites for hydroxylation is 1. The van der Waals surface area contributed by atoms with E-state index >= 15 is 0 Å². The second-order valence-corrected chi connectivity index (χ2v) is 7.87. The van der Waals surface area contributed by atoms with Crippen LogP contribution in [0.15, 0.2) is 54.6 Å². The molecule has 2 aromatic carbocycles. The Morgan fingerprint density at radius 1 is 0.900 bits per heavy atom. The van der Waals surface area contributed by atoms with Gasteiger partial charge in [0.15, 0.2) is 0 Å². The van der Waals surface area contributed by atoms with Crippen molar-refractivity contribution in [3.8, 4) is 0 Å². The predicted octanol–water partition coefficient (Wildman–Crippen LogP) is 2.59. The Balaban J connectivity index is 1.37. The number of benzene rings is 2. The molecule has 1 atom stereocenters. The van der Waals surface area contributed by atoms with Crippen molar-refractivity contribution >= 4 is 23.4 Å². The average molecular weight is 405 g/mol. The maximum atomic E-state index is 13.1. The molecule has 0 radical (unpaired) electrons. The molecule has 4 rings (SSSR count). The van der Waals surface area contributed by atoms with Crippen molar-refractivity contribution in [2.24, 2.45) is 5.92 Å². The number of carbonyl (C=O) groups is 3. The van der Waals surface area contributed by atoms with E-state index in [1.165, 1.54) is 0 Å². The van der Waals surface area contributed by atoms with Gasteiger partial charge in [0.2, 0.25) is 11.8 Å². The van der Waals surface area contributed by atoms with Crippen LogP contribution in [0.4, 0.5) is 5.69 Å². The van der Waals surface area contributed by atoms with E-state index in [2.05, 4.69) is 6.92 Å². The first-order valence-electron chi connectivity index (χ1n) is 10.6. The normalized spacial score (nSPS) is 19.3. The minimum Gasteiger partial charge on any atom is -0.339 e. The van der Waals surface area contributed by atoms with Crippen LogP contribution in [0.5, 0.6) is 0 Å². The summed E-state index contributed by atoms with van der Waals surface area (Å²) in [7, 11) is 0. The summed E-state index contributed by atoms with van der Waals surface area (Å²) in [6.45, 7) is 4.54. The van der Waals surface area contributed by atoms with Crippen molar-refractivity contribution in [1.29, 1.82) is 0 Å². The summed E-state index contributed by atoms with van der Waals surface area (Å²) in [6, 6.07) is 17.1. The highest BCUT2D eigenvalue weighted by molar-refractivity contribution is 6.01. The minimum atomic E-state index is -0.321. The number of amides is 3. The zero-order chi connectivity index (χ0) is 21.1. The molecule has 0 aliphatic carbocycles. The van der Waals surface area contributed by atoms with Crippen LogP contribution in [-0.2, 0) is 16.0 Å². The Kier molecular flexibility index (Phi) is 5.84. The smallest absolute Gasteiger partial charge is 0.253 e. The Morgan fingerprint density at radius 2 is 1.53 bits per heavy atom. The van der Waals surface area contributed by atoms with E-state index in [1.807, 2.05) is 59.5 Å². The number of hydrogen-bond acceptors (Lipinski definition) is 3. The molecule has 2 fully saturated rings. The van der Waals surface area contributed by atoms with E-state index in [4.69, 9.17) is 0 Å². The standard InChI is InChI=1S/C24H27N3O3/c1-2-18-8-6-7-11-21(18)27-17-20(16-22(27)28)24(30)26-14-12-25(13-15-26)23(29)19-9-4-3-5-10-19/h3-11,20H,2,12-17H2,1H3. The van der Waals surface area contributed by atoms with Gasteiger partial charge < -0.3 is 14.7 Å². The Bertz CT molecular complexity index is 936. The van der Waals surface area contributed by atoms with Crippen LogP contribution >= 0.6 is 0 Å². The maximum absolute atomic E-state index is 13.1. The highest BCUT2D eigenvalue weighted by Crippen LogP contribution is 2.29. The third-order valence-corrected chi connectivity index (χ3v) is 6.04. The Morgan fingerprint density at radius 3 is 2.23 bits per heavy atom. The topological polar surface area (TPSA) is 60.9 Å². The molecule has 0 bridgehead atoms. The van der Waals surface area contributed by atoms with Crippen LogP contribution in [0.2, 0.25) is 0 Å². The first kappa shape index (κ1) is 20.1. The largest absolute Gasteiger partial charge is 0.339 e. The first-order chi connectivity index (χ1) is 14.6. The number of hydrogen-bond donors (Lipinski definition) is 0. The van der Waals surface area contributed by atoms with Gasteiger partial charge in [-0.05, 0) is 30.2 Å². The van der Waals surface area contributed by atoms with Crippen LogP contribution < -0.4 is 4.90 Å². The molecular formula is C24H27N3O3. The van der Waals surface area contributed by atoms with Crippen molar-refractivity contribution in [2.75, 3.05) is 37.6 Å². The van der Waals surface area contributed by atoms with Crippen LogP contribution in [0.1, 0.15) is 29.3 Å². The molecule has 30 heavy (non-hydrogen) atoms. The highest BCUT2D eigenvalue weighted by Gasteiger charge is 2.38. The number of carbonyl (C=O) groups excluding carboxylic acids is 3. The van der Waals surface area contributed by atoms with E-state index in [0.29, 0.717) is 38.3 Å². The zero-order valence-corrected chi connectivity index (χ0v) is 17.3. The predicted molar refractivity (Wildman–Crippen MR) is 115 cm³/mol. The molecule has 156 valence electrons. The lowest BCUT2D eigenvalue weighted by atomic mass is 10.1. The second-order valence-electron chi connectivity index (χ2n) is 7.87. The van der Waals surface area contributed by atoms with Gasteiger partial charge in [-0.3, -0.25) is 14.4 Å². The summed E-state index contributed by atoms with van der Waals surface area (Å²) in [5.74, 6) is -0.293. The van der Waals surface area contributed by atoms with Crippen molar-refractivity contribution in [3.05, 3.63) is 65.7 Å². The molecule has 6 heteroatoms. The Labute approximate surface area is 177 Å². The summed E-state index contributed by atoms with van der Waals surface area (Å²) in [4.78, 5) is 43.7. The van der Waals surface area contributed by atoms with E-state index in [1.54, 1.807) is 9.80 Å². The highest BCUT2D eigenvalue weighted by atomic mass is 16.2. The van der Waals surface area contributed by atoms with Gasteiger partial charge in [0, 0.05) is 50.4 Å². The third kappa shape index (κ3) is 3.95. The van der Waals surface area contributed by atoms with Crippen LogP contribution in [0.25, 0.3) is 0 Å². The zero-order valence-electron chi connectivity index (χ0n) is 17.3. The molecule has 0 spiro atoms.